The Morgan fingerprint density at radius 2 is 2.08 bits per heavy atom. The van der Waals surface area contributed by atoms with Crippen molar-refractivity contribution in [2.45, 2.75) is 18.1 Å². The summed E-state index contributed by atoms with van der Waals surface area (Å²) < 4.78 is 19.0. The Morgan fingerprint density at radius 1 is 1.42 bits per heavy atom. The number of nitrogens with zero attached hydrogens (tertiary/aromatic N) is 2. The molecule has 0 radical (unpaired) electrons. The standard InChI is InChI=1S/C15H11FIN3OS2.C2H7N/c1-8(7-18)15(21)14-5-9-4-11(16)12(19-22-10-2-3-10)6-13(9)20(14)23-17;1-3-2/h4-6,10,19H,1-3H2;3H,1-2H3. The SMILES string of the molecule is C=C(C#N)C(=O)c1cc2cc(F)c(NSC3CC3)cc2n1SI.CNC. The van der Waals surface area contributed by atoms with Crippen molar-refractivity contribution in [3.8, 4) is 6.07 Å². The molecule has 1 aliphatic rings. The van der Waals surface area contributed by atoms with Gasteiger partial charge in [0.05, 0.1) is 16.8 Å². The molecule has 0 spiro atoms. The predicted molar refractivity (Wildman–Crippen MR) is 117 cm³/mol. The number of aromatic nitrogens is 1. The number of hydrogen-bond acceptors (Lipinski definition) is 6. The van der Waals surface area contributed by atoms with E-state index in [4.69, 9.17) is 5.26 Å². The van der Waals surface area contributed by atoms with Crippen LogP contribution in [0.1, 0.15) is 23.3 Å². The van der Waals surface area contributed by atoms with Gasteiger partial charge in [-0.2, -0.15) is 5.26 Å². The van der Waals surface area contributed by atoms with E-state index < -0.39 is 5.78 Å². The third-order valence-corrected chi connectivity index (χ3v) is 6.27. The molecule has 26 heavy (non-hydrogen) atoms. The summed E-state index contributed by atoms with van der Waals surface area (Å²) in [5, 5.41) is 12.8. The number of nitrogens with one attached hydrogen (secondary N) is 2. The number of Topliss-reactive ketones (excluding diaryl/α,β-unsaturated/α-hetero) is 1. The fraction of sp³-hybridized carbons (Fsp3) is 0.294. The van der Waals surface area contributed by atoms with Crippen molar-refractivity contribution >= 4 is 64.6 Å². The normalized spacial score (nSPS) is 12.9. The van der Waals surface area contributed by atoms with E-state index in [1.165, 1.54) is 27.1 Å². The molecule has 1 saturated carbocycles. The van der Waals surface area contributed by atoms with Gasteiger partial charge >= 0.3 is 0 Å². The largest absolute Gasteiger partial charge is 0.327 e. The molecule has 1 aromatic heterocycles. The van der Waals surface area contributed by atoms with Crippen LogP contribution in [-0.2, 0) is 0 Å². The van der Waals surface area contributed by atoms with Gasteiger partial charge < -0.3 is 10.0 Å². The zero-order valence-corrected chi connectivity index (χ0v) is 18.1. The lowest BCUT2D eigenvalue weighted by atomic mass is 10.1. The van der Waals surface area contributed by atoms with Crippen LogP contribution < -0.4 is 10.0 Å². The lowest BCUT2D eigenvalue weighted by Gasteiger charge is -2.08. The van der Waals surface area contributed by atoms with Crippen molar-refractivity contribution in [2.24, 2.45) is 0 Å². The summed E-state index contributed by atoms with van der Waals surface area (Å²) in [5.74, 6) is -0.811. The molecular weight excluding hydrogens is 486 g/mol. The van der Waals surface area contributed by atoms with Gasteiger partial charge in [-0.25, -0.2) is 4.39 Å². The third kappa shape index (κ3) is 4.94. The molecule has 0 atom stereocenters. The summed E-state index contributed by atoms with van der Waals surface area (Å²) in [5.41, 5.74) is 1.30. The van der Waals surface area contributed by atoms with Crippen molar-refractivity contribution in [3.05, 3.63) is 41.9 Å². The molecule has 0 saturated heterocycles. The number of carbonyl (C=O) groups is 1. The third-order valence-electron chi connectivity index (χ3n) is 3.42. The number of hydrogen-bond donors (Lipinski definition) is 2. The van der Waals surface area contributed by atoms with Crippen LogP contribution in [0.4, 0.5) is 10.1 Å². The summed E-state index contributed by atoms with van der Waals surface area (Å²) in [4.78, 5) is 12.2. The minimum atomic E-state index is -0.449. The highest BCUT2D eigenvalue weighted by atomic mass is 127. The molecule has 2 aromatic rings. The van der Waals surface area contributed by atoms with Crippen LogP contribution in [0.15, 0.2) is 30.4 Å². The minimum absolute atomic E-state index is 0.136. The Balaban J connectivity index is 0.000000758. The van der Waals surface area contributed by atoms with E-state index in [1.807, 2.05) is 14.1 Å². The van der Waals surface area contributed by atoms with E-state index in [-0.39, 0.29) is 11.4 Å². The van der Waals surface area contributed by atoms with Crippen LogP contribution in [0.5, 0.6) is 0 Å². The molecular formula is C17H18FIN4OS2. The maximum Gasteiger partial charge on any atom is 0.220 e. The Hall–Kier alpha value is -1.22. The average Bonchev–Trinajstić information content (AvgIpc) is 3.39. The van der Waals surface area contributed by atoms with E-state index >= 15 is 0 Å². The van der Waals surface area contributed by atoms with Gasteiger partial charge in [0.15, 0.2) is 0 Å². The monoisotopic (exact) mass is 504 g/mol. The van der Waals surface area contributed by atoms with E-state index in [0.29, 0.717) is 22.0 Å². The molecule has 1 aliphatic carbocycles. The maximum absolute atomic E-state index is 14.2. The highest BCUT2D eigenvalue weighted by Crippen LogP contribution is 2.37. The molecule has 1 fully saturated rings. The van der Waals surface area contributed by atoms with Gasteiger partial charge in [-0.15, -0.1) is 0 Å². The number of fused-ring (bicyclic) bond motifs is 1. The predicted octanol–water partition coefficient (Wildman–Crippen LogP) is 4.95. The Morgan fingerprint density at radius 3 is 2.62 bits per heavy atom. The number of anilines is 1. The molecule has 138 valence electrons. The van der Waals surface area contributed by atoms with E-state index in [2.05, 4.69) is 37.8 Å². The number of halogens is 2. The molecule has 3 rings (SSSR count). The number of ketones is 1. The quantitative estimate of drug-likeness (QED) is 0.191. The molecule has 0 aliphatic heterocycles. The van der Waals surface area contributed by atoms with Crippen molar-refractivity contribution in [3.63, 3.8) is 0 Å². The van der Waals surface area contributed by atoms with Crippen molar-refractivity contribution in [2.75, 3.05) is 18.8 Å². The number of carbonyl (C=O) groups excluding carboxylic acids is 1. The number of benzene rings is 1. The summed E-state index contributed by atoms with van der Waals surface area (Å²) in [6, 6.07) is 6.45. The number of allylic oxidation sites excluding steroid dienone is 1. The zero-order valence-electron chi connectivity index (χ0n) is 14.3. The van der Waals surface area contributed by atoms with Gasteiger partial charge in [0, 0.05) is 41.0 Å². The van der Waals surface area contributed by atoms with Crippen molar-refractivity contribution in [1.29, 1.82) is 5.26 Å². The fourth-order valence-electron chi connectivity index (χ4n) is 2.05. The lowest BCUT2D eigenvalue weighted by molar-refractivity contribution is 0.103. The second-order valence-electron chi connectivity index (χ2n) is 5.62. The Labute approximate surface area is 172 Å². The first-order valence-electron chi connectivity index (χ1n) is 7.74. The van der Waals surface area contributed by atoms with E-state index in [1.54, 1.807) is 22.2 Å². The Kier molecular flexibility index (Phi) is 7.82. The van der Waals surface area contributed by atoms with Gasteiger partial charge in [-0.05, 0) is 57.1 Å². The first-order chi connectivity index (χ1) is 12.5. The minimum Gasteiger partial charge on any atom is -0.327 e. The molecule has 5 nitrogen and oxygen atoms in total. The Bertz CT molecular complexity index is 874. The second-order valence-corrected chi connectivity index (χ2v) is 8.41. The zero-order chi connectivity index (χ0) is 19.3. The molecule has 0 amide bonds. The molecule has 9 heteroatoms. The van der Waals surface area contributed by atoms with Crippen LogP contribution in [0, 0.1) is 17.1 Å². The maximum atomic E-state index is 14.2. The van der Waals surface area contributed by atoms with Crippen molar-refractivity contribution < 1.29 is 9.18 Å². The average molecular weight is 504 g/mol. The summed E-state index contributed by atoms with van der Waals surface area (Å²) in [7, 11) is 5.05. The van der Waals surface area contributed by atoms with Gasteiger partial charge in [0.1, 0.15) is 17.6 Å². The van der Waals surface area contributed by atoms with Crippen LogP contribution >= 0.6 is 42.3 Å². The second kappa shape index (κ2) is 9.64. The molecule has 0 unspecified atom stereocenters. The fourth-order valence-corrected chi connectivity index (χ4v) is 4.59. The smallest absolute Gasteiger partial charge is 0.220 e. The van der Waals surface area contributed by atoms with Crippen LogP contribution in [0.2, 0.25) is 0 Å². The first kappa shape index (κ1) is 21.1. The van der Waals surface area contributed by atoms with Gasteiger partial charge in [0.2, 0.25) is 5.78 Å². The van der Waals surface area contributed by atoms with Gasteiger partial charge in [-0.3, -0.25) is 8.77 Å². The van der Waals surface area contributed by atoms with Crippen LogP contribution in [0.3, 0.4) is 0 Å². The van der Waals surface area contributed by atoms with Gasteiger partial charge in [-0.1, -0.05) is 6.58 Å². The number of rotatable bonds is 6. The van der Waals surface area contributed by atoms with Gasteiger partial charge in [0.25, 0.3) is 0 Å². The summed E-state index contributed by atoms with van der Waals surface area (Å²) in [6.45, 7) is 3.46. The highest BCUT2D eigenvalue weighted by Gasteiger charge is 2.23. The number of nitriles is 1. The highest BCUT2D eigenvalue weighted by molar-refractivity contribution is 14.2. The van der Waals surface area contributed by atoms with E-state index in [0.717, 1.165) is 18.4 Å². The van der Waals surface area contributed by atoms with Crippen molar-refractivity contribution in [1.82, 2.24) is 9.29 Å². The van der Waals surface area contributed by atoms with Crippen LogP contribution in [-0.4, -0.2) is 29.1 Å². The topological polar surface area (TPSA) is 69.8 Å². The van der Waals surface area contributed by atoms with E-state index in [9.17, 15) is 9.18 Å². The molecule has 2 N–H and O–H groups in total. The molecule has 1 aromatic carbocycles. The van der Waals surface area contributed by atoms with Crippen LogP contribution in [0.25, 0.3) is 10.9 Å². The summed E-state index contributed by atoms with van der Waals surface area (Å²) >= 11 is 3.57. The molecule has 0 bridgehead atoms. The summed E-state index contributed by atoms with van der Waals surface area (Å²) in [6.07, 6.45) is 2.30. The molecule has 1 heterocycles. The lowest BCUT2D eigenvalue weighted by Crippen LogP contribution is -2.05. The first-order valence-corrected chi connectivity index (χ1v) is 11.9.